The smallest absolute Gasteiger partial charge is 0.329 e. The van der Waals surface area contributed by atoms with Crippen LogP contribution in [0.2, 0.25) is 10.0 Å². The molecule has 0 spiro atoms. The Morgan fingerprint density at radius 2 is 1.82 bits per heavy atom. The average molecular weight is 495 g/mol. The molecule has 0 unspecified atom stereocenters. The highest BCUT2D eigenvalue weighted by Crippen LogP contribution is 2.30. The van der Waals surface area contributed by atoms with Crippen LogP contribution in [0, 0.1) is 0 Å². The number of nitrogens with zero attached hydrogens (tertiary/aromatic N) is 1. The third-order valence-corrected chi connectivity index (χ3v) is 4.68. The zero-order valence-electron chi connectivity index (χ0n) is 18.3. The predicted molar refractivity (Wildman–Crippen MR) is 127 cm³/mol. The molecule has 11 heteroatoms. The SMILES string of the molecule is CCOc1cc(/C=N\NC(=O)C(=O)NC(C)C)ccc1OCC(=O)Nc1cccc(Cl)c1Cl. The molecule has 0 atom stereocenters. The fraction of sp³-hybridized carbons (Fsp3) is 0.273. The van der Waals surface area contributed by atoms with Crippen molar-refractivity contribution < 1.29 is 23.9 Å². The van der Waals surface area contributed by atoms with E-state index in [1.807, 2.05) is 0 Å². The molecule has 176 valence electrons. The van der Waals surface area contributed by atoms with Gasteiger partial charge >= 0.3 is 11.8 Å². The molecule has 0 radical (unpaired) electrons. The van der Waals surface area contributed by atoms with Crippen molar-refractivity contribution >= 4 is 52.8 Å². The molecule has 0 bridgehead atoms. The Balaban J connectivity index is 1.99. The zero-order valence-corrected chi connectivity index (χ0v) is 19.8. The number of benzene rings is 2. The van der Waals surface area contributed by atoms with Gasteiger partial charge in [-0.1, -0.05) is 29.3 Å². The Bertz CT molecular complexity index is 1040. The average Bonchev–Trinajstić information content (AvgIpc) is 2.76. The minimum Gasteiger partial charge on any atom is -0.490 e. The third kappa shape index (κ3) is 8.28. The van der Waals surface area contributed by atoms with Crippen molar-refractivity contribution in [3.8, 4) is 11.5 Å². The van der Waals surface area contributed by atoms with Crippen LogP contribution in [0.25, 0.3) is 0 Å². The molecule has 0 aliphatic carbocycles. The second-order valence-corrected chi connectivity index (χ2v) is 7.69. The predicted octanol–water partition coefficient (Wildman–Crippen LogP) is 3.38. The van der Waals surface area contributed by atoms with Crippen LogP contribution in [0.15, 0.2) is 41.5 Å². The van der Waals surface area contributed by atoms with Gasteiger partial charge in [-0.05, 0) is 56.7 Å². The highest BCUT2D eigenvalue weighted by Gasteiger charge is 2.14. The summed E-state index contributed by atoms with van der Waals surface area (Å²) >= 11 is 12.0. The minimum absolute atomic E-state index is 0.168. The highest BCUT2D eigenvalue weighted by molar-refractivity contribution is 6.44. The Morgan fingerprint density at radius 1 is 1.06 bits per heavy atom. The number of carbonyl (C=O) groups excluding carboxylic acids is 3. The van der Waals surface area contributed by atoms with E-state index in [1.165, 1.54) is 6.21 Å². The quantitative estimate of drug-likeness (QED) is 0.280. The van der Waals surface area contributed by atoms with E-state index in [1.54, 1.807) is 57.2 Å². The van der Waals surface area contributed by atoms with Crippen molar-refractivity contribution in [1.82, 2.24) is 10.7 Å². The number of ether oxygens (including phenoxy) is 2. The van der Waals surface area contributed by atoms with Gasteiger partial charge in [0.1, 0.15) is 0 Å². The summed E-state index contributed by atoms with van der Waals surface area (Å²) in [4.78, 5) is 35.5. The van der Waals surface area contributed by atoms with E-state index < -0.39 is 17.7 Å². The van der Waals surface area contributed by atoms with Gasteiger partial charge in [0.05, 0.1) is 28.6 Å². The van der Waals surface area contributed by atoms with Gasteiger partial charge in [-0.25, -0.2) is 5.43 Å². The fourth-order valence-corrected chi connectivity index (χ4v) is 2.81. The lowest BCUT2D eigenvalue weighted by Gasteiger charge is -2.13. The largest absolute Gasteiger partial charge is 0.490 e. The second-order valence-electron chi connectivity index (χ2n) is 6.90. The fourth-order valence-electron chi connectivity index (χ4n) is 2.47. The maximum Gasteiger partial charge on any atom is 0.329 e. The second kappa shape index (κ2) is 12.7. The van der Waals surface area contributed by atoms with Crippen LogP contribution < -0.4 is 25.5 Å². The van der Waals surface area contributed by atoms with Crippen LogP contribution in [-0.4, -0.2) is 43.2 Å². The van der Waals surface area contributed by atoms with E-state index >= 15 is 0 Å². The Kier molecular flexibility index (Phi) is 9.96. The van der Waals surface area contributed by atoms with E-state index in [9.17, 15) is 14.4 Å². The molecule has 0 aliphatic rings. The van der Waals surface area contributed by atoms with Gasteiger partial charge in [-0.15, -0.1) is 0 Å². The Morgan fingerprint density at radius 3 is 2.52 bits per heavy atom. The molecular formula is C22H24Cl2N4O5. The summed E-state index contributed by atoms with van der Waals surface area (Å²) in [7, 11) is 0. The Hall–Kier alpha value is -3.30. The van der Waals surface area contributed by atoms with Crippen LogP contribution >= 0.6 is 23.2 Å². The van der Waals surface area contributed by atoms with E-state index in [-0.39, 0.29) is 17.7 Å². The minimum atomic E-state index is -0.879. The monoisotopic (exact) mass is 494 g/mol. The molecule has 9 nitrogen and oxygen atoms in total. The molecule has 0 fully saturated rings. The van der Waals surface area contributed by atoms with Crippen LogP contribution in [-0.2, 0) is 14.4 Å². The van der Waals surface area contributed by atoms with E-state index in [2.05, 4.69) is 21.2 Å². The first-order chi connectivity index (χ1) is 15.7. The van der Waals surface area contributed by atoms with Crippen molar-refractivity contribution in [3.05, 3.63) is 52.0 Å². The van der Waals surface area contributed by atoms with Crippen molar-refractivity contribution in [2.24, 2.45) is 5.10 Å². The number of hydrazone groups is 1. The van der Waals surface area contributed by atoms with Crippen molar-refractivity contribution in [2.45, 2.75) is 26.8 Å². The number of hydrogen-bond acceptors (Lipinski definition) is 6. The van der Waals surface area contributed by atoms with Crippen LogP contribution in [0.1, 0.15) is 26.3 Å². The summed E-state index contributed by atoms with van der Waals surface area (Å²) in [5.41, 5.74) is 3.10. The van der Waals surface area contributed by atoms with E-state index in [0.717, 1.165) is 0 Å². The molecule has 2 aromatic carbocycles. The number of anilines is 1. The van der Waals surface area contributed by atoms with E-state index in [0.29, 0.717) is 34.4 Å². The highest BCUT2D eigenvalue weighted by atomic mass is 35.5. The van der Waals surface area contributed by atoms with Gasteiger partial charge in [-0.2, -0.15) is 5.10 Å². The number of carbonyl (C=O) groups is 3. The first kappa shape index (κ1) is 26.0. The molecule has 3 N–H and O–H groups in total. The van der Waals surface area contributed by atoms with Crippen molar-refractivity contribution in [2.75, 3.05) is 18.5 Å². The van der Waals surface area contributed by atoms with Crippen molar-refractivity contribution in [3.63, 3.8) is 0 Å². The molecule has 0 saturated heterocycles. The van der Waals surface area contributed by atoms with Crippen molar-refractivity contribution in [1.29, 1.82) is 0 Å². The zero-order chi connectivity index (χ0) is 24.4. The summed E-state index contributed by atoms with van der Waals surface area (Å²) in [6.45, 7) is 5.34. The van der Waals surface area contributed by atoms with Gasteiger partial charge in [0.2, 0.25) is 0 Å². The first-order valence-corrected chi connectivity index (χ1v) is 10.7. The van der Waals surface area contributed by atoms with Crippen LogP contribution in [0.4, 0.5) is 5.69 Å². The lowest BCUT2D eigenvalue weighted by atomic mass is 10.2. The summed E-state index contributed by atoms with van der Waals surface area (Å²) in [5, 5.41) is 9.42. The summed E-state index contributed by atoms with van der Waals surface area (Å²) < 4.78 is 11.1. The van der Waals surface area contributed by atoms with Gasteiger partial charge in [0.25, 0.3) is 5.91 Å². The molecule has 2 aromatic rings. The molecular weight excluding hydrogens is 471 g/mol. The third-order valence-electron chi connectivity index (χ3n) is 3.86. The van der Waals surface area contributed by atoms with Crippen LogP contribution in [0.3, 0.4) is 0 Å². The summed E-state index contributed by atoms with van der Waals surface area (Å²) in [6.07, 6.45) is 1.35. The number of nitrogens with one attached hydrogen (secondary N) is 3. The number of amides is 3. The van der Waals surface area contributed by atoms with Crippen LogP contribution in [0.5, 0.6) is 11.5 Å². The van der Waals surface area contributed by atoms with Gasteiger partial charge < -0.3 is 20.1 Å². The topological polar surface area (TPSA) is 118 Å². The van der Waals surface area contributed by atoms with Gasteiger partial charge in [-0.3, -0.25) is 14.4 Å². The lowest BCUT2D eigenvalue weighted by Crippen LogP contribution is -2.41. The Labute approximate surface area is 201 Å². The normalized spacial score (nSPS) is 10.7. The standard InChI is InChI=1S/C22H24Cl2N4O5/c1-4-32-18-10-14(11-25-28-22(31)21(30)26-13(2)3)8-9-17(18)33-12-19(29)27-16-7-5-6-15(23)20(16)24/h5-11,13H,4,12H2,1-3H3,(H,26,30)(H,27,29)(H,28,31)/b25-11-. The molecule has 0 aliphatic heterocycles. The molecule has 33 heavy (non-hydrogen) atoms. The lowest BCUT2D eigenvalue weighted by molar-refractivity contribution is -0.139. The van der Waals surface area contributed by atoms with Gasteiger partial charge in [0.15, 0.2) is 18.1 Å². The number of halogens is 2. The molecule has 2 rings (SSSR count). The first-order valence-electron chi connectivity index (χ1n) is 9.98. The van der Waals surface area contributed by atoms with E-state index in [4.69, 9.17) is 32.7 Å². The maximum atomic E-state index is 12.2. The molecule has 0 aromatic heterocycles. The van der Waals surface area contributed by atoms with Gasteiger partial charge in [0, 0.05) is 6.04 Å². The summed E-state index contributed by atoms with van der Waals surface area (Å²) in [5.74, 6) is -1.38. The maximum absolute atomic E-state index is 12.2. The molecule has 3 amide bonds. The molecule has 0 saturated carbocycles. The number of hydrogen-bond donors (Lipinski definition) is 3. The summed E-state index contributed by atoms with van der Waals surface area (Å²) in [6, 6.07) is 9.59. The number of rotatable bonds is 9. The molecule has 0 heterocycles.